The second-order valence-electron chi connectivity index (χ2n) is 15.2. The number of benzene rings is 2. The maximum Gasteiger partial charge on any atom is 0.147 e. The maximum atomic E-state index is 15.4. The van der Waals surface area contributed by atoms with Crippen molar-refractivity contribution in [1.82, 2.24) is 0 Å². The van der Waals surface area contributed by atoms with Crippen LogP contribution >= 0.6 is 31.9 Å². The van der Waals surface area contributed by atoms with E-state index in [0.29, 0.717) is 24.4 Å². The van der Waals surface area contributed by atoms with Gasteiger partial charge in [-0.15, -0.1) is 0 Å². The fourth-order valence-electron chi connectivity index (χ4n) is 10.7. The first-order chi connectivity index (χ1) is 19.7. The van der Waals surface area contributed by atoms with Gasteiger partial charge in [0, 0.05) is 10.8 Å². The second kappa shape index (κ2) is 9.86. The Hall–Kier alpha value is -1.78. The zero-order chi connectivity index (χ0) is 30.3. The third kappa shape index (κ3) is 3.73. The first-order valence-electron chi connectivity index (χ1n) is 15.6. The molecule has 4 bridgehead atoms. The summed E-state index contributed by atoms with van der Waals surface area (Å²) in [6, 6.07) is 20.6. The van der Waals surface area contributed by atoms with Crippen LogP contribution in [0.3, 0.4) is 0 Å². The highest BCUT2D eigenvalue weighted by Crippen LogP contribution is 2.84. The lowest BCUT2D eigenvalue weighted by molar-refractivity contribution is -0.164. The predicted octanol–water partition coefficient (Wildman–Crippen LogP) is 10.7. The number of fused-ring (bicyclic) bond motifs is 4. The normalized spacial score (nSPS) is 38.5. The summed E-state index contributed by atoms with van der Waals surface area (Å²) in [5, 5.41) is 0. The van der Waals surface area contributed by atoms with E-state index in [1.54, 1.807) is 0 Å². The zero-order valence-corrected chi connectivity index (χ0v) is 29.1. The van der Waals surface area contributed by atoms with Crippen LogP contribution in [-0.2, 0) is 9.59 Å². The number of Topliss-reactive ketones (excluding diaryl/α,β-unsaturated/α-hetero) is 2. The molecular weight excluding hydrogens is 648 g/mol. The Bertz CT molecular complexity index is 1370. The van der Waals surface area contributed by atoms with E-state index in [1.807, 2.05) is 36.4 Å². The molecule has 6 rings (SSSR count). The van der Waals surface area contributed by atoms with Crippen LogP contribution in [0.5, 0.6) is 0 Å². The molecule has 42 heavy (non-hydrogen) atoms. The molecule has 0 N–H and O–H groups in total. The van der Waals surface area contributed by atoms with E-state index in [-0.39, 0.29) is 22.7 Å². The van der Waals surface area contributed by atoms with Gasteiger partial charge in [0.25, 0.3) is 0 Å². The van der Waals surface area contributed by atoms with Gasteiger partial charge in [-0.3, -0.25) is 9.59 Å². The Balaban J connectivity index is 1.61. The highest BCUT2D eigenvalue weighted by molar-refractivity contribution is 9.12. The molecule has 4 aliphatic rings. The van der Waals surface area contributed by atoms with Gasteiger partial charge in [-0.05, 0) is 93.4 Å². The van der Waals surface area contributed by atoms with E-state index in [1.165, 1.54) is 0 Å². The van der Waals surface area contributed by atoms with Crippen molar-refractivity contribution >= 4 is 55.6 Å². The van der Waals surface area contributed by atoms with E-state index in [2.05, 4.69) is 110 Å². The molecule has 0 aromatic heterocycles. The first-order valence-corrected chi connectivity index (χ1v) is 17.2. The maximum absolute atomic E-state index is 15.4. The second-order valence-corrected chi connectivity index (χ2v) is 17.3. The highest BCUT2D eigenvalue weighted by Gasteiger charge is 2.85. The lowest BCUT2D eigenvalue weighted by atomic mass is 9.45. The SMILES string of the molecule is CC12CCC(C1(C)C)C(C/C(Br)=C/c1ccccc1)(C1(C/C(Br)=C/c3ccccc3)C(=O)C3(C)CCC1C3(C)C)C2=O. The van der Waals surface area contributed by atoms with Gasteiger partial charge >= 0.3 is 0 Å². The summed E-state index contributed by atoms with van der Waals surface area (Å²) in [4.78, 5) is 30.9. The third-order valence-electron chi connectivity index (χ3n) is 13.4. The molecule has 4 saturated carbocycles. The summed E-state index contributed by atoms with van der Waals surface area (Å²) < 4.78 is 2.02. The molecule has 0 spiro atoms. The van der Waals surface area contributed by atoms with Gasteiger partial charge in [0.2, 0.25) is 0 Å². The van der Waals surface area contributed by atoms with Gasteiger partial charge in [-0.25, -0.2) is 0 Å². The third-order valence-corrected chi connectivity index (χ3v) is 14.4. The summed E-state index contributed by atoms with van der Waals surface area (Å²) in [5.74, 6) is 0.905. The van der Waals surface area contributed by atoms with E-state index in [9.17, 15) is 0 Å². The number of halogens is 2. The topological polar surface area (TPSA) is 34.1 Å². The summed E-state index contributed by atoms with van der Waals surface area (Å²) in [5.41, 5.74) is -0.679. The number of carbonyl (C=O) groups is 2. The van der Waals surface area contributed by atoms with Crippen LogP contribution in [-0.4, -0.2) is 11.6 Å². The standard InChI is InChI=1S/C38H44Br2O2/c1-33(2)29-17-19-35(33,5)31(41)37(29,23-27(39)21-25-13-9-7-10-14-25)38(24-28(40)22-26-15-11-8-12-16-26)30-18-20-36(6,32(38)42)34(30,3)4/h7-16,21-22,29-30H,17-20,23-24H2,1-6H3/b27-21-,28-22-. The molecule has 6 unspecified atom stereocenters. The van der Waals surface area contributed by atoms with E-state index in [0.717, 1.165) is 45.8 Å². The quantitative estimate of drug-likeness (QED) is 0.290. The molecule has 4 aliphatic carbocycles. The smallest absolute Gasteiger partial charge is 0.147 e. The van der Waals surface area contributed by atoms with E-state index < -0.39 is 21.7 Å². The van der Waals surface area contributed by atoms with Crippen LogP contribution in [0.25, 0.3) is 12.2 Å². The van der Waals surface area contributed by atoms with Crippen LogP contribution in [0.4, 0.5) is 0 Å². The summed E-state index contributed by atoms with van der Waals surface area (Å²) in [6.45, 7) is 13.7. The number of hydrogen-bond acceptors (Lipinski definition) is 2. The van der Waals surface area contributed by atoms with Crippen LogP contribution in [0.1, 0.15) is 91.2 Å². The Kier molecular flexibility index (Phi) is 7.10. The van der Waals surface area contributed by atoms with Gasteiger partial charge in [0.15, 0.2) is 0 Å². The van der Waals surface area contributed by atoms with E-state index in [4.69, 9.17) is 0 Å². The first kappa shape index (κ1) is 30.3. The Labute approximate surface area is 269 Å². The molecular formula is C38H44Br2O2. The lowest BCUT2D eigenvalue weighted by Gasteiger charge is -2.55. The molecule has 2 nitrogen and oxygen atoms in total. The Morgan fingerprint density at radius 1 is 0.643 bits per heavy atom. The summed E-state index contributed by atoms with van der Waals surface area (Å²) in [6.07, 6.45) is 9.24. The fourth-order valence-corrected chi connectivity index (χ4v) is 12.1. The molecule has 222 valence electrons. The lowest BCUT2D eigenvalue weighted by Crippen LogP contribution is -2.60. The highest BCUT2D eigenvalue weighted by atomic mass is 79.9. The largest absolute Gasteiger partial charge is 0.298 e. The number of hydrogen-bond donors (Lipinski definition) is 0. The average molecular weight is 693 g/mol. The molecule has 0 radical (unpaired) electrons. The van der Waals surface area contributed by atoms with Gasteiger partial charge in [0.05, 0.1) is 10.8 Å². The molecule has 4 fully saturated rings. The monoisotopic (exact) mass is 690 g/mol. The predicted molar refractivity (Wildman–Crippen MR) is 180 cm³/mol. The van der Waals surface area contributed by atoms with Crippen molar-refractivity contribution in [2.24, 2.45) is 44.3 Å². The molecule has 2 aromatic rings. The molecule has 0 amide bonds. The number of rotatable bonds is 7. The van der Waals surface area contributed by atoms with Crippen LogP contribution in [0, 0.1) is 44.3 Å². The van der Waals surface area contributed by atoms with Gasteiger partial charge in [-0.2, -0.15) is 0 Å². The molecule has 6 atom stereocenters. The number of allylic oxidation sites excluding steroid dienone is 2. The summed E-state index contributed by atoms with van der Waals surface area (Å²) in [7, 11) is 0. The minimum atomic E-state index is -0.797. The summed E-state index contributed by atoms with van der Waals surface area (Å²) >= 11 is 7.98. The van der Waals surface area contributed by atoms with Crippen molar-refractivity contribution in [2.75, 3.05) is 0 Å². The molecule has 0 heterocycles. The van der Waals surface area contributed by atoms with Crippen molar-refractivity contribution in [1.29, 1.82) is 0 Å². The van der Waals surface area contributed by atoms with Crippen LogP contribution in [0.15, 0.2) is 69.6 Å². The van der Waals surface area contributed by atoms with Gasteiger partial charge in [-0.1, -0.05) is 134 Å². The average Bonchev–Trinajstić information content (AvgIpc) is 3.42. The molecule has 0 aliphatic heterocycles. The number of carbonyl (C=O) groups excluding carboxylic acids is 2. The molecule has 4 heteroatoms. The van der Waals surface area contributed by atoms with Crippen molar-refractivity contribution in [3.05, 3.63) is 80.8 Å². The van der Waals surface area contributed by atoms with Crippen molar-refractivity contribution in [3.63, 3.8) is 0 Å². The minimum Gasteiger partial charge on any atom is -0.298 e. The molecule has 0 saturated heterocycles. The Morgan fingerprint density at radius 3 is 1.26 bits per heavy atom. The van der Waals surface area contributed by atoms with Crippen molar-refractivity contribution in [3.8, 4) is 0 Å². The van der Waals surface area contributed by atoms with Gasteiger partial charge < -0.3 is 0 Å². The van der Waals surface area contributed by atoms with Crippen LogP contribution < -0.4 is 0 Å². The Morgan fingerprint density at radius 2 is 0.976 bits per heavy atom. The van der Waals surface area contributed by atoms with Crippen LogP contribution in [0.2, 0.25) is 0 Å². The molecule has 2 aromatic carbocycles. The zero-order valence-electron chi connectivity index (χ0n) is 25.9. The fraction of sp³-hybridized carbons (Fsp3) is 0.526. The van der Waals surface area contributed by atoms with Crippen molar-refractivity contribution < 1.29 is 9.59 Å². The number of ketones is 2. The van der Waals surface area contributed by atoms with E-state index >= 15 is 9.59 Å². The minimum absolute atomic E-state index is 0.124. The van der Waals surface area contributed by atoms with Gasteiger partial charge in [0.1, 0.15) is 11.6 Å². The van der Waals surface area contributed by atoms with Crippen molar-refractivity contribution in [2.45, 2.75) is 80.1 Å².